The van der Waals surface area contributed by atoms with E-state index in [1.54, 1.807) is 18.2 Å². The van der Waals surface area contributed by atoms with Gasteiger partial charge in [0.1, 0.15) is 18.1 Å². The van der Waals surface area contributed by atoms with Gasteiger partial charge in [0.05, 0.1) is 11.6 Å². The third-order valence-corrected chi connectivity index (χ3v) is 5.51. The summed E-state index contributed by atoms with van der Waals surface area (Å²) in [6.07, 6.45) is 5.91. The Morgan fingerprint density at radius 1 is 1.23 bits per heavy atom. The van der Waals surface area contributed by atoms with Crippen LogP contribution in [0, 0.1) is 0 Å². The van der Waals surface area contributed by atoms with Gasteiger partial charge in [0, 0.05) is 18.1 Å². The van der Waals surface area contributed by atoms with Crippen molar-refractivity contribution in [1.29, 1.82) is 0 Å². The molecule has 1 aliphatic rings. The van der Waals surface area contributed by atoms with Crippen molar-refractivity contribution in [3.63, 3.8) is 0 Å². The zero-order chi connectivity index (χ0) is 20.9. The summed E-state index contributed by atoms with van der Waals surface area (Å²) in [4.78, 5) is 18.3. The summed E-state index contributed by atoms with van der Waals surface area (Å²) < 4.78 is 22.1. The van der Waals surface area contributed by atoms with Gasteiger partial charge in [-0.2, -0.15) is 0 Å². The van der Waals surface area contributed by atoms with Gasteiger partial charge in [0.15, 0.2) is 17.5 Å². The Bertz CT molecular complexity index is 1040. The molecule has 0 radical (unpaired) electrons. The number of rotatable bonds is 8. The van der Waals surface area contributed by atoms with Crippen LogP contribution in [0.5, 0.6) is 5.75 Å². The molecule has 1 saturated carbocycles. The fraction of sp³-hybridized carbons (Fsp3) is 0.476. The van der Waals surface area contributed by atoms with Crippen LogP contribution < -0.4 is 10.5 Å². The molecule has 0 aliphatic heterocycles. The SMILES string of the molecule is CCOCc1nc(C2CCCCC2)oc1COc1ccc(-c2noc(=O)[nH]2)c(Cl)c1. The lowest BCUT2D eigenvalue weighted by molar-refractivity contribution is 0.128. The van der Waals surface area contributed by atoms with Crippen LogP contribution in [0.15, 0.2) is 31.9 Å². The Labute approximate surface area is 178 Å². The van der Waals surface area contributed by atoms with E-state index in [9.17, 15) is 4.79 Å². The number of hydrogen-bond donors (Lipinski definition) is 1. The molecule has 1 fully saturated rings. The number of oxazole rings is 1. The van der Waals surface area contributed by atoms with Crippen molar-refractivity contribution in [2.75, 3.05) is 6.61 Å². The molecule has 1 aliphatic carbocycles. The second-order valence-corrected chi connectivity index (χ2v) is 7.68. The summed E-state index contributed by atoms with van der Waals surface area (Å²) in [6, 6.07) is 5.11. The Morgan fingerprint density at radius 2 is 2.07 bits per heavy atom. The van der Waals surface area contributed by atoms with E-state index in [-0.39, 0.29) is 12.4 Å². The number of aromatic amines is 1. The zero-order valence-corrected chi connectivity index (χ0v) is 17.5. The van der Waals surface area contributed by atoms with Crippen molar-refractivity contribution in [2.45, 2.75) is 58.2 Å². The van der Waals surface area contributed by atoms with E-state index >= 15 is 0 Å². The number of halogens is 1. The van der Waals surface area contributed by atoms with E-state index in [4.69, 9.17) is 30.5 Å². The van der Waals surface area contributed by atoms with Crippen LogP contribution in [-0.2, 0) is 18.0 Å². The van der Waals surface area contributed by atoms with E-state index in [0.29, 0.717) is 41.2 Å². The molecule has 0 saturated heterocycles. The molecule has 30 heavy (non-hydrogen) atoms. The maximum atomic E-state index is 11.1. The summed E-state index contributed by atoms with van der Waals surface area (Å²) in [5.74, 6) is 2.01. The van der Waals surface area contributed by atoms with Crippen molar-refractivity contribution in [1.82, 2.24) is 15.1 Å². The summed E-state index contributed by atoms with van der Waals surface area (Å²) >= 11 is 6.32. The predicted molar refractivity (Wildman–Crippen MR) is 110 cm³/mol. The van der Waals surface area contributed by atoms with Gasteiger partial charge in [-0.1, -0.05) is 36.0 Å². The molecule has 8 nitrogen and oxygen atoms in total. The van der Waals surface area contributed by atoms with E-state index < -0.39 is 5.76 Å². The smallest absolute Gasteiger partial charge is 0.439 e. The molecule has 160 valence electrons. The lowest BCUT2D eigenvalue weighted by Gasteiger charge is -2.17. The molecule has 2 heterocycles. The quantitative estimate of drug-likeness (QED) is 0.542. The van der Waals surface area contributed by atoms with Gasteiger partial charge in [0.2, 0.25) is 0 Å². The maximum Gasteiger partial charge on any atom is 0.439 e. The first-order chi connectivity index (χ1) is 14.6. The number of hydrogen-bond acceptors (Lipinski definition) is 7. The van der Waals surface area contributed by atoms with Crippen LogP contribution in [0.3, 0.4) is 0 Å². The molecule has 1 aromatic carbocycles. The first-order valence-corrected chi connectivity index (χ1v) is 10.6. The van der Waals surface area contributed by atoms with Gasteiger partial charge in [-0.15, -0.1) is 0 Å². The topological polar surface area (TPSA) is 103 Å². The first-order valence-electron chi connectivity index (χ1n) is 10.2. The largest absolute Gasteiger partial charge is 0.486 e. The third-order valence-electron chi connectivity index (χ3n) is 5.20. The second kappa shape index (κ2) is 9.49. The third kappa shape index (κ3) is 4.76. The highest BCUT2D eigenvalue weighted by molar-refractivity contribution is 6.33. The molecule has 0 bridgehead atoms. The van der Waals surface area contributed by atoms with Gasteiger partial charge in [-0.25, -0.2) is 9.78 Å². The van der Waals surface area contributed by atoms with Crippen LogP contribution in [-0.4, -0.2) is 21.7 Å². The fourth-order valence-electron chi connectivity index (χ4n) is 3.62. The van der Waals surface area contributed by atoms with E-state index in [0.717, 1.165) is 24.4 Å². The van der Waals surface area contributed by atoms with Crippen LogP contribution in [0.2, 0.25) is 5.02 Å². The number of ether oxygens (including phenoxy) is 2. The molecule has 0 amide bonds. The van der Waals surface area contributed by atoms with Crippen molar-refractivity contribution in [3.8, 4) is 17.1 Å². The van der Waals surface area contributed by atoms with Crippen LogP contribution in [0.4, 0.5) is 0 Å². The molecule has 2 aromatic heterocycles. The van der Waals surface area contributed by atoms with Gasteiger partial charge in [-0.05, 0) is 38.0 Å². The van der Waals surface area contributed by atoms with Crippen LogP contribution in [0.25, 0.3) is 11.4 Å². The summed E-state index contributed by atoms with van der Waals surface area (Å²) in [5.41, 5.74) is 1.33. The number of aromatic nitrogens is 3. The monoisotopic (exact) mass is 433 g/mol. The van der Waals surface area contributed by atoms with Crippen molar-refractivity contribution >= 4 is 11.6 Å². The molecular weight excluding hydrogens is 410 g/mol. The average Bonchev–Trinajstić information content (AvgIpc) is 3.37. The number of benzene rings is 1. The predicted octanol–water partition coefficient (Wildman–Crippen LogP) is 4.83. The van der Waals surface area contributed by atoms with Gasteiger partial charge >= 0.3 is 5.76 Å². The highest BCUT2D eigenvalue weighted by Gasteiger charge is 2.23. The molecule has 0 unspecified atom stereocenters. The number of nitrogens with one attached hydrogen (secondary N) is 1. The normalized spacial score (nSPS) is 14.9. The van der Waals surface area contributed by atoms with Gasteiger partial charge in [0.25, 0.3) is 0 Å². The Balaban J connectivity index is 1.48. The Morgan fingerprint density at radius 3 is 2.77 bits per heavy atom. The molecule has 3 aromatic rings. The highest BCUT2D eigenvalue weighted by atomic mass is 35.5. The minimum atomic E-state index is -0.637. The summed E-state index contributed by atoms with van der Waals surface area (Å²) in [6.45, 7) is 3.17. The molecule has 9 heteroatoms. The Hall–Kier alpha value is -2.58. The first kappa shape index (κ1) is 20.7. The second-order valence-electron chi connectivity index (χ2n) is 7.27. The van der Waals surface area contributed by atoms with Gasteiger partial charge < -0.3 is 13.9 Å². The van der Waals surface area contributed by atoms with Crippen molar-refractivity contribution in [2.24, 2.45) is 0 Å². The zero-order valence-electron chi connectivity index (χ0n) is 16.8. The lowest BCUT2D eigenvalue weighted by Crippen LogP contribution is -2.05. The minimum Gasteiger partial charge on any atom is -0.486 e. The Kier molecular flexibility index (Phi) is 6.54. The average molecular weight is 434 g/mol. The number of nitrogens with zero attached hydrogens (tertiary/aromatic N) is 2. The molecule has 1 N–H and O–H groups in total. The van der Waals surface area contributed by atoms with E-state index in [2.05, 4.69) is 14.7 Å². The van der Waals surface area contributed by atoms with Crippen LogP contribution in [0.1, 0.15) is 62.3 Å². The fourth-order valence-corrected chi connectivity index (χ4v) is 3.88. The molecular formula is C21H24ClN3O5. The standard InChI is InChI=1S/C21H24ClN3O5/c1-2-27-11-17-18(29-20(23-17)13-6-4-3-5-7-13)12-28-14-8-9-15(16(22)10-14)19-24-21(26)30-25-19/h8-10,13H,2-7,11-12H2,1H3,(H,24,25,26). The molecule has 0 atom stereocenters. The highest BCUT2D eigenvalue weighted by Crippen LogP contribution is 2.34. The summed E-state index contributed by atoms with van der Waals surface area (Å²) in [5, 5.41) is 4.03. The van der Waals surface area contributed by atoms with Crippen LogP contribution >= 0.6 is 11.6 Å². The van der Waals surface area contributed by atoms with E-state index in [1.807, 2.05) is 6.92 Å². The molecule has 0 spiro atoms. The molecule has 4 rings (SSSR count). The minimum absolute atomic E-state index is 0.221. The van der Waals surface area contributed by atoms with Gasteiger partial charge in [-0.3, -0.25) is 9.51 Å². The lowest BCUT2D eigenvalue weighted by atomic mass is 9.89. The summed E-state index contributed by atoms with van der Waals surface area (Å²) in [7, 11) is 0. The maximum absolute atomic E-state index is 11.1. The van der Waals surface area contributed by atoms with Crippen molar-refractivity contribution < 1.29 is 18.4 Å². The van der Waals surface area contributed by atoms with Crippen molar-refractivity contribution in [3.05, 3.63) is 51.1 Å². The number of H-pyrrole nitrogens is 1. The van der Waals surface area contributed by atoms with E-state index in [1.165, 1.54) is 19.3 Å².